The first-order valence-electron chi connectivity index (χ1n) is 10.6. The van der Waals surface area contributed by atoms with Crippen molar-refractivity contribution in [2.24, 2.45) is 5.92 Å². The summed E-state index contributed by atoms with van der Waals surface area (Å²) < 4.78 is 5.26. The van der Waals surface area contributed by atoms with E-state index in [0.717, 1.165) is 32.1 Å². The Labute approximate surface area is 155 Å². The van der Waals surface area contributed by atoms with Crippen molar-refractivity contribution in [1.29, 1.82) is 0 Å². The number of aliphatic hydroxyl groups is 2. The highest BCUT2D eigenvalue weighted by Crippen LogP contribution is 2.21. The van der Waals surface area contributed by atoms with Crippen LogP contribution >= 0.6 is 0 Å². The molecule has 0 aliphatic heterocycles. The summed E-state index contributed by atoms with van der Waals surface area (Å²) >= 11 is 0. The fourth-order valence-corrected chi connectivity index (χ4v) is 3.11. The molecule has 0 saturated heterocycles. The van der Waals surface area contributed by atoms with Gasteiger partial charge in [-0.1, -0.05) is 90.9 Å². The Morgan fingerprint density at radius 1 is 0.720 bits per heavy atom. The number of hydrogen-bond acceptors (Lipinski definition) is 4. The van der Waals surface area contributed by atoms with Gasteiger partial charge in [0.2, 0.25) is 0 Å². The third-order valence-electron chi connectivity index (χ3n) is 4.84. The van der Waals surface area contributed by atoms with Crippen LogP contribution in [0.15, 0.2) is 0 Å². The summed E-state index contributed by atoms with van der Waals surface area (Å²) in [6.07, 6.45) is 15.5. The molecule has 25 heavy (non-hydrogen) atoms. The molecule has 0 aliphatic rings. The van der Waals surface area contributed by atoms with Crippen LogP contribution in [0.5, 0.6) is 0 Å². The molecule has 0 aromatic rings. The molecule has 1 atom stereocenters. The lowest BCUT2D eigenvalue weighted by Crippen LogP contribution is -2.29. The third kappa shape index (κ3) is 14.3. The zero-order valence-corrected chi connectivity index (χ0v) is 16.7. The summed E-state index contributed by atoms with van der Waals surface area (Å²) in [5, 5.41) is 18.2. The zero-order chi connectivity index (χ0) is 18.8. The Morgan fingerprint density at radius 2 is 1.12 bits per heavy atom. The standard InChI is InChI=1S/C21H42O4/c1-3-5-7-9-10-12-14-16-19(15-13-11-8-6-4-2)21(24)25-20(17-22)18-23/h19-20,22-23H,3-18H2,1-2H3. The molecule has 4 heteroatoms. The van der Waals surface area contributed by atoms with Gasteiger partial charge < -0.3 is 14.9 Å². The van der Waals surface area contributed by atoms with E-state index < -0.39 is 6.10 Å². The normalized spacial score (nSPS) is 12.5. The molecule has 0 amide bonds. The number of unbranched alkanes of at least 4 members (excludes halogenated alkanes) is 10. The molecule has 0 fully saturated rings. The summed E-state index contributed by atoms with van der Waals surface area (Å²) in [6.45, 7) is 3.79. The van der Waals surface area contributed by atoms with Crippen LogP contribution in [0.4, 0.5) is 0 Å². The maximum atomic E-state index is 12.4. The number of esters is 1. The van der Waals surface area contributed by atoms with Crippen molar-refractivity contribution in [2.75, 3.05) is 13.2 Å². The highest BCUT2D eigenvalue weighted by atomic mass is 16.6. The summed E-state index contributed by atoms with van der Waals surface area (Å²) in [6, 6.07) is 0. The molecule has 0 rings (SSSR count). The second-order valence-electron chi connectivity index (χ2n) is 7.23. The van der Waals surface area contributed by atoms with E-state index >= 15 is 0 Å². The van der Waals surface area contributed by atoms with Gasteiger partial charge in [-0.3, -0.25) is 4.79 Å². The molecule has 0 bridgehead atoms. The molecule has 150 valence electrons. The molecule has 1 unspecified atom stereocenters. The molecule has 4 nitrogen and oxygen atoms in total. The molecular formula is C21H42O4. The first-order chi connectivity index (χ1) is 12.2. The Morgan fingerprint density at radius 3 is 1.52 bits per heavy atom. The van der Waals surface area contributed by atoms with Gasteiger partial charge in [0.1, 0.15) is 6.10 Å². The lowest BCUT2D eigenvalue weighted by atomic mass is 9.94. The predicted octanol–water partition coefficient (Wildman–Crippen LogP) is 5.00. The van der Waals surface area contributed by atoms with Gasteiger partial charge in [-0.15, -0.1) is 0 Å². The maximum Gasteiger partial charge on any atom is 0.309 e. The Hall–Kier alpha value is -0.610. The monoisotopic (exact) mass is 358 g/mol. The maximum absolute atomic E-state index is 12.4. The van der Waals surface area contributed by atoms with Gasteiger partial charge in [0, 0.05) is 0 Å². The van der Waals surface area contributed by atoms with E-state index in [1.54, 1.807) is 0 Å². The average Bonchev–Trinajstić information content (AvgIpc) is 2.63. The minimum absolute atomic E-state index is 0.0853. The van der Waals surface area contributed by atoms with Crippen LogP contribution in [-0.2, 0) is 9.53 Å². The van der Waals surface area contributed by atoms with Gasteiger partial charge in [0.05, 0.1) is 19.1 Å². The van der Waals surface area contributed by atoms with Crippen molar-refractivity contribution in [3.05, 3.63) is 0 Å². The predicted molar refractivity (Wildman–Crippen MR) is 104 cm³/mol. The topological polar surface area (TPSA) is 66.8 Å². The minimum atomic E-state index is -0.774. The van der Waals surface area contributed by atoms with Gasteiger partial charge in [0.15, 0.2) is 0 Å². The molecule has 0 aromatic carbocycles. The number of carbonyl (C=O) groups is 1. The highest BCUT2D eigenvalue weighted by Gasteiger charge is 2.22. The number of rotatable bonds is 18. The van der Waals surface area contributed by atoms with Crippen molar-refractivity contribution < 1.29 is 19.7 Å². The van der Waals surface area contributed by atoms with Crippen LogP contribution in [-0.4, -0.2) is 35.5 Å². The van der Waals surface area contributed by atoms with Crippen LogP contribution in [0.2, 0.25) is 0 Å². The Bertz CT molecular complexity index is 290. The lowest BCUT2D eigenvalue weighted by molar-refractivity contribution is -0.159. The average molecular weight is 359 g/mol. The fourth-order valence-electron chi connectivity index (χ4n) is 3.11. The van der Waals surface area contributed by atoms with Crippen LogP contribution in [0.3, 0.4) is 0 Å². The summed E-state index contributed by atoms with van der Waals surface area (Å²) in [7, 11) is 0. The second kappa shape index (κ2) is 18.2. The SMILES string of the molecule is CCCCCCCCCC(CCCCCCC)C(=O)OC(CO)CO. The fraction of sp³-hybridized carbons (Fsp3) is 0.952. The van der Waals surface area contributed by atoms with Gasteiger partial charge in [-0.2, -0.15) is 0 Å². The first-order valence-corrected chi connectivity index (χ1v) is 10.6. The van der Waals surface area contributed by atoms with E-state index in [9.17, 15) is 4.79 Å². The molecule has 0 aliphatic carbocycles. The molecule has 0 heterocycles. The van der Waals surface area contributed by atoms with Crippen molar-refractivity contribution in [2.45, 2.75) is 110 Å². The number of carbonyl (C=O) groups excluding carboxylic acids is 1. The van der Waals surface area contributed by atoms with Crippen molar-refractivity contribution in [3.8, 4) is 0 Å². The number of hydrogen-bond donors (Lipinski definition) is 2. The smallest absolute Gasteiger partial charge is 0.309 e. The Balaban J connectivity index is 4.15. The molecular weight excluding hydrogens is 316 g/mol. The van der Waals surface area contributed by atoms with Crippen molar-refractivity contribution in [3.63, 3.8) is 0 Å². The largest absolute Gasteiger partial charge is 0.457 e. The zero-order valence-electron chi connectivity index (χ0n) is 16.7. The summed E-state index contributed by atoms with van der Waals surface area (Å²) in [5.41, 5.74) is 0. The van der Waals surface area contributed by atoms with E-state index in [1.165, 1.54) is 57.8 Å². The quantitative estimate of drug-likeness (QED) is 0.267. The van der Waals surface area contributed by atoms with Gasteiger partial charge in [0.25, 0.3) is 0 Å². The van der Waals surface area contributed by atoms with E-state index in [0.29, 0.717) is 0 Å². The second-order valence-corrected chi connectivity index (χ2v) is 7.23. The lowest BCUT2D eigenvalue weighted by Gasteiger charge is -2.19. The van der Waals surface area contributed by atoms with Gasteiger partial charge >= 0.3 is 5.97 Å². The number of ether oxygens (including phenoxy) is 1. The summed E-state index contributed by atoms with van der Waals surface area (Å²) in [5.74, 6) is -0.326. The molecule has 0 aromatic heterocycles. The highest BCUT2D eigenvalue weighted by molar-refractivity contribution is 5.72. The third-order valence-corrected chi connectivity index (χ3v) is 4.84. The van der Waals surface area contributed by atoms with Crippen molar-refractivity contribution in [1.82, 2.24) is 0 Å². The molecule has 0 spiro atoms. The van der Waals surface area contributed by atoms with E-state index in [4.69, 9.17) is 14.9 Å². The van der Waals surface area contributed by atoms with E-state index in [2.05, 4.69) is 13.8 Å². The first kappa shape index (κ1) is 24.4. The Kier molecular flexibility index (Phi) is 17.7. The van der Waals surface area contributed by atoms with E-state index in [-0.39, 0.29) is 25.1 Å². The van der Waals surface area contributed by atoms with Gasteiger partial charge in [-0.05, 0) is 12.8 Å². The van der Waals surface area contributed by atoms with E-state index in [1.807, 2.05) is 0 Å². The van der Waals surface area contributed by atoms with Crippen LogP contribution in [0.25, 0.3) is 0 Å². The number of aliphatic hydroxyl groups excluding tert-OH is 2. The molecule has 0 saturated carbocycles. The van der Waals surface area contributed by atoms with Crippen LogP contribution in [0.1, 0.15) is 104 Å². The van der Waals surface area contributed by atoms with Crippen LogP contribution in [0, 0.1) is 5.92 Å². The van der Waals surface area contributed by atoms with Gasteiger partial charge in [-0.25, -0.2) is 0 Å². The minimum Gasteiger partial charge on any atom is -0.457 e. The molecule has 0 radical (unpaired) electrons. The van der Waals surface area contributed by atoms with Crippen molar-refractivity contribution >= 4 is 5.97 Å². The summed E-state index contributed by atoms with van der Waals surface area (Å²) in [4.78, 5) is 12.4. The van der Waals surface area contributed by atoms with Crippen LogP contribution < -0.4 is 0 Å². The molecule has 2 N–H and O–H groups in total.